The molecule has 3 N–H and O–H groups in total. The summed E-state index contributed by atoms with van der Waals surface area (Å²) in [6.07, 6.45) is 0. The highest BCUT2D eigenvalue weighted by Gasteiger charge is 2.16. The average molecular weight is 295 g/mol. The average Bonchev–Trinajstić information content (AvgIpc) is 3.02. The van der Waals surface area contributed by atoms with Gasteiger partial charge in [-0.3, -0.25) is 4.79 Å². The Labute approximate surface area is 120 Å². The van der Waals surface area contributed by atoms with E-state index in [2.05, 4.69) is 31.8 Å². The quantitative estimate of drug-likeness (QED) is 0.761. The van der Waals surface area contributed by atoms with Crippen LogP contribution >= 0.6 is 11.3 Å². The molecule has 9 heteroatoms. The number of nitrogens with one attached hydrogen (secondary N) is 1. The first-order valence-electron chi connectivity index (χ1n) is 6.06. The largest absolute Gasteiger partial charge is 0.367 e. The van der Waals surface area contributed by atoms with Crippen LogP contribution in [0.25, 0.3) is 0 Å². The molecule has 2 aromatic rings. The van der Waals surface area contributed by atoms with Crippen LogP contribution in [0.4, 0.5) is 5.95 Å². The van der Waals surface area contributed by atoms with Gasteiger partial charge < -0.3 is 16.0 Å². The second-order valence-electron chi connectivity index (χ2n) is 4.49. The van der Waals surface area contributed by atoms with Gasteiger partial charge in [0.1, 0.15) is 6.54 Å². The normalized spacial score (nSPS) is 12.6. The predicted octanol–water partition coefficient (Wildman–Crippen LogP) is -0.264. The molecular weight excluding hydrogens is 278 g/mol. The number of rotatable bonds is 6. The summed E-state index contributed by atoms with van der Waals surface area (Å²) < 4.78 is 1.26. The molecule has 0 aliphatic heterocycles. The summed E-state index contributed by atoms with van der Waals surface area (Å²) >= 11 is 1.67. The number of hydrogen-bond acceptors (Lipinski definition) is 7. The van der Waals surface area contributed by atoms with E-state index in [-0.39, 0.29) is 24.4 Å². The topological polar surface area (TPSA) is 102 Å². The monoisotopic (exact) mass is 295 g/mol. The van der Waals surface area contributed by atoms with Crippen LogP contribution in [-0.2, 0) is 11.3 Å². The Hall–Kier alpha value is -2.00. The van der Waals surface area contributed by atoms with Gasteiger partial charge in [-0.15, -0.1) is 11.3 Å². The van der Waals surface area contributed by atoms with Crippen LogP contribution in [0.2, 0.25) is 0 Å². The summed E-state index contributed by atoms with van der Waals surface area (Å²) in [5, 5.41) is 15.4. The zero-order valence-corrected chi connectivity index (χ0v) is 12.2. The lowest BCUT2D eigenvalue weighted by atomic mass is 10.2. The van der Waals surface area contributed by atoms with Gasteiger partial charge in [0.15, 0.2) is 0 Å². The number of nitrogen functional groups attached to an aromatic ring is 1. The number of amides is 1. The number of anilines is 1. The fourth-order valence-electron chi connectivity index (χ4n) is 1.75. The third kappa shape index (κ3) is 3.52. The van der Waals surface area contributed by atoms with E-state index in [1.54, 1.807) is 11.3 Å². The first-order chi connectivity index (χ1) is 9.58. The Morgan fingerprint density at radius 1 is 1.60 bits per heavy atom. The number of carbonyl (C=O) groups is 1. The lowest BCUT2D eigenvalue weighted by molar-refractivity contribution is -0.122. The highest BCUT2D eigenvalue weighted by Crippen LogP contribution is 2.22. The van der Waals surface area contributed by atoms with Gasteiger partial charge >= 0.3 is 0 Å². The number of nitrogens with zero attached hydrogens (tertiary/aromatic N) is 5. The Morgan fingerprint density at radius 2 is 2.40 bits per heavy atom. The van der Waals surface area contributed by atoms with Crippen molar-refractivity contribution in [2.75, 3.05) is 26.4 Å². The van der Waals surface area contributed by atoms with Gasteiger partial charge in [0.25, 0.3) is 0 Å². The van der Waals surface area contributed by atoms with Crippen molar-refractivity contribution in [3.05, 3.63) is 22.4 Å². The molecule has 1 amide bonds. The molecule has 1 atom stereocenters. The van der Waals surface area contributed by atoms with E-state index in [4.69, 9.17) is 5.73 Å². The minimum absolute atomic E-state index is 0.0173. The predicted molar refractivity (Wildman–Crippen MR) is 76.0 cm³/mol. The van der Waals surface area contributed by atoms with E-state index >= 15 is 0 Å². The van der Waals surface area contributed by atoms with Crippen molar-refractivity contribution < 1.29 is 4.79 Å². The molecule has 108 valence electrons. The second kappa shape index (κ2) is 6.44. The molecule has 0 saturated carbocycles. The SMILES string of the molecule is CN(C)C(CNC(=O)Cn1nnnc1N)c1cccs1. The smallest absolute Gasteiger partial charge is 0.242 e. The summed E-state index contributed by atoms with van der Waals surface area (Å²) in [5.74, 6) is -0.0463. The zero-order valence-electron chi connectivity index (χ0n) is 11.4. The molecule has 20 heavy (non-hydrogen) atoms. The number of likely N-dealkylation sites (N-methyl/N-ethyl adjacent to an activating group) is 1. The third-order valence-electron chi connectivity index (χ3n) is 2.84. The first-order valence-corrected chi connectivity index (χ1v) is 6.94. The minimum atomic E-state index is -0.174. The van der Waals surface area contributed by atoms with Gasteiger partial charge in [-0.1, -0.05) is 11.2 Å². The molecule has 0 spiro atoms. The van der Waals surface area contributed by atoms with Gasteiger partial charge in [0, 0.05) is 11.4 Å². The van der Waals surface area contributed by atoms with Crippen LogP contribution in [0.5, 0.6) is 0 Å². The van der Waals surface area contributed by atoms with Crippen LogP contribution in [0.15, 0.2) is 17.5 Å². The summed E-state index contributed by atoms with van der Waals surface area (Å²) in [7, 11) is 3.96. The van der Waals surface area contributed by atoms with Crippen molar-refractivity contribution in [3.63, 3.8) is 0 Å². The molecule has 2 aromatic heterocycles. The van der Waals surface area contributed by atoms with Gasteiger partial charge in [-0.05, 0) is 36.0 Å². The Morgan fingerprint density at radius 3 is 2.95 bits per heavy atom. The number of thiophene rings is 1. The molecule has 0 aliphatic rings. The number of hydrogen-bond donors (Lipinski definition) is 2. The van der Waals surface area contributed by atoms with Gasteiger partial charge in [-0.25, -0.2) is 4.68 Å². The summed E-state index contributed by atoms with van der Waals surface area (Å²) in [5.41, 5.74) is 5.51. The van der Waals surface area contributed by atoms with Crippen LogP contribution in [0, 0.1) is 0 Å². The summed E-state index contributed by atoms with van der Waals surface area (Å²) in [6, 6.07) is 4.20. The highest BCUT2D eigenvalue weighted by molar-refractivity contribution is 7.10. The molecule has 1 unspecified atom stereocenters. The fraction of sp³-hybridized carbons (Fsp3) is 0.455. The highest BCUT2D eigenvalue weighted by atomic mass is 32.1. The maximum Gasteiger partial charge on any atom is 0.242 e. The van der Waals surface area contributed by atoms with Crippen molar-refractivity contribution >= 4 is 23.2 Å². The van der Waals surface area contributed by atoms with Gasteiger partial charge in [-0.2, -0.15) is 0 Å². The van der Waals surface area contributed by atoms with E-state index in [1.165, 1.54) is 9.56 Å². The molecular formula is C11H17N7OS. The first kappa shape index (κ1) is 14.4. The standard InChI is InChI=1S/C11H17N7OS/c1-17(2)8(9-4-3-5-20-9)6-13-10(19)7-18-11(12)14-15-16-18/h3-5,8H,6-7H2,1-2H3,(H,13,19)(H2,12,14,16). The molecule has 0 saturated heterocycles. The maximum absolute atomic E-state index is 11.9. The van der Waals surface area contributed by atoms with Gasteiger partial charge in [0.2, 0.25) is 11.9 Å². The van der Waals surface area contributed by atoms with Crippen LogP contribution in [-0.4, -0.2) is 51.7 Å². The molecule has 0 fully saturated rings. The van der Waals surface area contributed by atoms with Gasteiger partial charge in [0.05, 0.1) is 6.04 Å². The van der Waals surface area contributed by atoms with Crippen LogP contribution < -0.4 is 11.1 Å². The molecule has 0 aromatic carbocycles. The fourth-order valence-corrected chi connectivity index (χ4v) is 2.67. The van der Waals surface area contributed by atoms with Crippen LogP contribution in [0.3, 0.4) is 0 Å². The number of aromatic nitrogens is 4. The van der Waals surface area contributed by atoms with E-state index in [0.717, 1.165) is 0 Å². The van der Waals surface area contributed by atoms with Crippen molar-refractivity contribution in [2.45, 2.75) is 12.6 Å². The molecule has 0 radical (unpaired) electrons. The molecule has 2 heterocycles. The van der Waals surface area contributed by atoms with E-state index in [0.29, 0.717) is 6.54 Å². The van der Waals surface area contributed by atoms with Crippen molar-refractivity contribution in [3.8, 4) is 0 Å². The van der Waals surface area contributed by atoms with Crippen molar-refractivity contribution in [2.24, 2.45) is 0 Å². The molecule has 0 aliphatic carbocycles. The number of nitrogens with two attached hydrogens (primary N) is 1. The third-order valence-corrected chi connectivity index (χ3v) is 3.81. The van der Waals surface area contributed by atoms with Crippen molar-refractivity contribution in [1.82, 2.24) is 30.4 Å². The lowest BCUT2D eigenvalue weighted by Gasteiger charge is -2.23. The minimum Gasteiger partial charge on any atom is -0.367 e. The molecule has 0 bridgehead atoms. The lowest BCUT2D eigenvalue weighted by Crippen LogP contribution is -2.36. The van der Waals surface area contributed by atoms with E-state index in [1.807, 2.05) is 25.5 Å². The van der Waals surface area contributed by atoms with E-state index in [9.17, 15) is 4.79 Å². The Kier molecular flexibility index (Phi) is 4.64. The zero-order chi connectivity index (χ0) is 14.5. The molecule has 8 nitrogen and oxygen atoms in total. The van der Waals surface area contributed by atoms with E-state index < -0.39 is 0 Å². The summed E-state index contributed by atoms with van der Waals surface area (Å²) in [4.78, 5) is 15.1. The van der Waals surface area contributed by atoms with Crippen LogP contribution in [0.1, 0.15) is 10.9 Å². The number of carbonyl (C=O) groups excluding carboxylic acids is 1. The summed E-state index contributed by atoms with van der Waals surface area (Å²) in [6.45, 7) is 0.539. The van der Waals surface area contributed by atoms with Crippen molar-refractivity contribution in [1.29, 1.82) is 0 Å². The second-order valence-corrected chi connectivity index (χ2v) is 5.47. The Balaban J connectivity index is 1.90. The number of tetrazole rings is 1. The Bertz CT molecular complexity index is 551. The molecule has 2 rings (SSSR count). The maximum atomic E-state index is 11.9.